The van der Waals surface area contributed by atoms with Gasteiger partial charge in [0.05, 0.1) is 0 Å². The molecule has 1 aliphatic carbocycles. The normalized spacial score (nSPS) is 19.8. The quantitative estimate of drug-likeness (QED) is 0.652. The Bertz CT molecular complexity index is 352. The minimum Gasteiger partial charge on any atom is -0.303 e. The van der Waals surface area contributed by atoms with Crippen molar-refractivity contribution < 1.29 is 4.79 Å². The number of hydrogen-bond donors (Lipinski definition) is 0. The largest absolute Gasteiger partial charge is 0.303 e. The van der Waals surface area contributed by atoms with Crippen molar-refractivity contribution in [1.82, 2.24) is 0 Å². The molecule has 0 fully saturated rings. The molecular weight excluding hydrogens is 172 g/mol. The lowest BCUT2D eigenvalue weighted by Crippen LogP contribution is -1.95. The van der Waals surface area contributed by atoms with Gasteiger partial charge in [-0.1, -0.05) is 32.0 Å². The second-order valence-corrected chi connectivity index (χ2v) is 4.39. The summed E-state index contributed by atoms with van der Waals surface area (Å²) in [5, 5.41) is 0. The molecule has 0 N–H and O–H groups in total. The molecule has 0 aromatic heterocycles. The van der Waals surface area contributed by atoms with Crippen LogP contribution in [-0.2, 0) is 11.2 Å². The van der Waals surface area contributed by atoms with Gasteiger partial charge in [0, 0.05) is 5.92 Å². The van der Waals surface area contributed by atoms with E-state index in [0.29, 0.717) is 5.92 Å². The summed E-state index contributed by atoms with van der Waals surface area (Å²) >= 11 is 0. The highest BCUT2D eigenvalue weighted by Gasteiger charge is 2.21. The van der Waals surface area contributed by atoms with Crippen LogP contribution in [0.4, 0.5) is 0 Å². The van der Waals surface area contributed by atoms with Crippen LogP contribution in [0.3, 0.4) is 0 Å². The van der Waals surface area contributed by atoms with Crippen molar-refractivity contribution in [2.24, 2.45) is 0 Å². The Kier molecular flexibility index (Phi) is 2.40. The van der Waals surface area contributed by atoms with Crippen LogP contribution in [0.15, 0.2) is 18.2 Å². The topological polar surface area (TPSA) is 17.1 Å². The Morgan fingerprint density at radius 1 is 1.43 bits per heavy atom. The summed E-state index contributed by atoms with van der Waals surface area (Å²) in [6.07, 6.45) is 3.15. The number of rotatable bonds is 2. The Morgan fingerprint density at radius 2 is 2.21 bits per heavy atom. The van der Waals surface area contributed by atoms with E-state index in [1.54, 1.807) is 0 Å². The fourth-order valence-corrected chi connectivity index (χ4v) is 2.17. The number of benzene rings is 1. The van der Waals surface area contributed by atoms with E-state index in [2.05, 4.69) is 32.0 Å². The zero-order valence-electron chi connectivity index (χ0n) is 8.79. The van der Waals surface area contributed by atoms with E-state index >= 15 is 0 Å². The van der Waals surface area contributed by atoms with Crippen LogP contribution in [0.2, 0.25) is 0 Å². The monoisotopic (exact) mass is 188 g/mol. The van der Waals surface area contributed by atoms with Crippen LogP contribution in [-0.4, -0.2) is 6.29 Å². The molecule has 0 saturated heterocycles. The SMILES string of the molecule is CC(C)c1ccc2c(c1)CCC2C=O. The first-order chi connectivity index (χ1) is 6.72. The Balaban J connectivity index is 2.38. The molecule has 0 saturated carbocycles. The molecule has 1 unspecified atom stereocenters. The first-order valence-electron chi connectivity index (χ1n) is 5.30. The molecule has 1 atom stereocenters. The molecule has 1 aliphatic rings. The lowest BCUT2D eigenvalue weighted by Gasteiger charge is -2.08. The highest BCUT2D eigenvalue weighted by atomic mass is 16.1. The van der Waals surface area contributed by atoms with Crippen LogP contribution in [0.1, 0.15) is 48.8 Å². The zero-order chi connectivity index (χ0) is 10.1. The maximum Gasteiger partial charge on any atom is 0.127 e. The van der Waals surface area contributed by atoms with Gasteiger partial charge >= 0.3 is 0 Å². The highest BCUT2D eigenvalue weighted by molar-refractivity contribution is 5.65. The molecule has 14 heavy (non-hydrogen) atoms. The van der Waals surface area contributed by atoms with Crippen LogP contribution >= 0.6 is 0 Å². The van der Waals surface area contributed by atoms with E-state index in [1.165, 1.54) is 16.7 Å². The smallest absolute Gasteiger partial charge is 0.127 e. The summed E-state index contributed by atoms with van der Waals surface area (Å²) in [7, 11) is 0. The molecule has 1 aromatic rings. The lowest BCUT2D eigenvalue weighted by atomic mass is 9.96. The number of fused-ring (bicyclic) bond motifs is 1. The van der Waals surface area contributed by atoms with E-state index in [-0.39, 0.29) is 5.92 Å². The number of carbonyl (C=O) groups is 1. The summed E-state index contributed by atoms with van der Waals surface area (Å²) in [5.41, 5.74) is 4.02. The molecule has 1 nitrogen and oxygen atoms in total. The average molecular weight is 188 g/mol. The second-order valence-electron chi connectivity index (χ2n) is 4.39. The second kappa shape index (κ2) is 3.56. The Labute approximate surface area is 85.1 Å². The van der Waals surface area contributed by atoms with Crippen LogP contribution in [0, 0.1) is 0 Å². The Hall–Kier alpha value is -1.11. The fraction of sp³-hybridized carbons (Fsp3) is 0.462. The molecular formula is C13H16O. The van der Waals surface area contributed by atoms with Crippen LogP contribution in [0.25, 0.3) is 0 Å². The van der Waals surface area contributed by atoms with Gasteiger partial charge in [0.2, 0.25) is 0 Å². The van der Waals surface area contributed by atoms with Gasteiger partial charge in [-0.15, -0.1) is 0 Å². The Morgan fingerprint density at radius 3 is 2.86 bits per heavy atom. The molecule has 2 rings (SSSR count). The van der Waals surface area contributed by atoms with E-state index in [1.807, 2.05) is 0 Å². The third-order valence-corrected chi connectivity index (χ3v) is 3.12. The van der Waals surface area contributed by atoms with Crippen molar-refractivity contribution in [2.45, 2.75) is 38.5 Å². The average Bonchev–Trinajstić information content (AvgIpc) is 2.59. The molecule has 0 amide bonds. The molecule has 0 bridgehead atoms. The summed E-state index contributed by atoms with van der Waals surface area (Å²) in [5.74, 6) is 0.738. The van der Waals surface area contributed by atoms with Gasteiger partial charge in [0.15, 0.2) is 0 Å². The minimum absolute atomic E-state index is 0.159. The molecule has 0 spiro atoms. The summed E-state index contributed by atoms with van der Waals surface area (Å²) in [6, 6.07) is 6.56. The third-order valence-electron chi connectivity index (χ3n) is 3.12. The van der Waals surface area contributed by atoms with Crippen molar-refractivity contribution in [2.75, 3.05) is 0 Å². The van der Waals surface area contributed by atoms with E-state index < -0.39 is 0 Å². The van der Waals surface area contributed by atoms with E-state index in [0.717, 1.165) is 19.1 Å². The predicted molar refractivity (Wildman–Crippen MR) is 57.7 cm³/mol. The molecule has 0 aliphatic heterocycles. The molecule has 0 heterocycles. The predicted octanol–water partition coefficient (Wildman–Crippen LogP) is 3.04. The maximum atomic E-state index is 10.8. The van der Waals surface area contributed by atoms with Crippen LogP contribution < -0.4 is 0 Å². The lowest BCUT2D eigenvalue weighted by molar-refractivity contribution is -0.109. The summed E-state index contributed by atoms with van der Waals surface area (Å²) < 4.78 is 0. The highest BCUT2D eigenvalue weighted by Crippen LogP contribution is 2.33. The van der Waals surface area contributed by atoms with Crippen LogP contribution in [0.5, 0.6) is 0 Å². The minimum atomic E-state index is 0.159. The van der Waals surface area contributed by atoms with Crippen molar-refractivity contribution in [3.05, 3.63) is 34.9 Å². The van der Waals surface area contributed by atoms with Gasteiger partial charge in [-0.3, -0.25) is 0 Å². The van der Waals surface area contributed by atoms with Gasteiger partial charge in [0.1, 0.15) is 6.29 Å². The van der Waals surface area contributed by atoms with Crippen molar-refractivity contribution >= 4 is 6.29 Å². The third kappa shape index (κ3) is 1.47. The fourth-order valence-electron chi connectivity index (χ4n) is 2.17. The summed E-state index contributed by atoms with van der Waals surface area (Å²) in [6.45, 7) is 4.40. The maximum absolute atomic E-state index is 10.8. The van der Waals surface area contributed by atoms with Gasteiger partial charge < -0.3 is 4.79 Å². The van der Waals surface area contributed by atoms with Gasteiger partial charge in [-0.05, 0) is 35.4 Å². The zero-order valence-corrected chi connectivity index (χ0v) is 8.79. The first kappa shape index (κ1) is 9.45. The molecule has 74 valence electrons. The van der Waals surface area contributed by atoms with Crippen molar-refractivity contribution in [3.63, 3.8) is 0 Å². The summed E-state index contributed by atoms with van der Waals surface area (Å²) in [4.78, 5) is 10.8. The number of aryl methyl sites for hydroxylation is 1. The van der Waals surface area contributed by atoms with Gasteiger partial charge in [0.25, 0.3) is 0 Å². The molecule has 0 radical (unpaired) electrons. The standard InChI is InChI=1S/C13H16O/c1-9(2)10-5-6-13-11(7-10)3-4-12(13)8-14/h5-9,12H,3-4H2,1-2H3. The number of hydrogen-bond acceptors (Lipinski definition) is 1. The molecule has 1 aromatic carbocycles. The van der Waals surface area contributed by atoms with Crippen molar-refractivity contribution in [3.8, 4) is 0 Å². The van der Waals surface area contributed by atoms with E-state index in [4.69, 9.17) is 0 Å². The van der Waals surface area contributed by atoms with E-state index in [9.17, 15) is 4.79 Å². The number of carbonyl (C=O) groups excluding carboxylic acids is 1. The van der Waals surface area contributed by atoms with Gasteiger partial charge in [-0.2, -0.15) is 0 Å². The van der Waals surface area contributed by atoms with Gasteiger partial charge in [-0.25, -0.2) is 0 Å². The molecule has 1 heteroatoms. The first-order valence-corrected chi connectivity index (χ1v) is 5.30. The van der Waals surface area contributed by atoms with Crippen molar-refractivity contribution in [1.29, 1.82) is 0 Å². The number of aldehydes is 1.